The Balaban J connectivity index is 2.07. The smallest absolute Gasteiger partial charge is 0.274 e. The monoisotopic (exact) mass is 272 g/mol. The minimum atomic E-state index is -3.75. The third kappa shape index (κ3) is 2.78. The Bertz CT molecular complexity index is 628. The van der Waals surface area contributed by atoms with E-state index in [0.717, 1.165) is 0 Å². The number of aryl methyl sites for hydroxylation is 1. The highest BCUT2D eigenvalue weighted by Crippen LogP contribution is 2.14. The second-order valence-electron chi connectivity index (χ2n) is 3.63. The lowest BCUT2D eigenvalue weighted by Crippen LogP contribution is -2.22. The quantitative estimate of drug-likeness (QED) is 0.823. The van der Waals surface area contributed by atoms with E-state index < -0.39 is 10.0 Å². The number of furan rings is 1. The van der Waals surface area contributed by atoms with Gasteiger partial charge in [-0.25, -0.2) is 13.1 Å². The van der Waals surface area contributed by atoms with Crippen LogP contribution in [0.5, 0.6) is 0 Å². The second-order valence-corrected chi connectivity index (χ2v) is 5.33. The first kappa shape index (κ1) is 12.8. The van der Waals surface area contributed by atoms with Gasteiger partial charge in [-0.2, -0.15) is 0 Å². The first-order chi connectivity index (χ1) is 8.51. The van der Waals surface area contributed by atoms with Crippen molar-refractivity contribution in [2.45, 2.75) is 25.2 Å². The van der Waals surface area contributed by atoms with Gasteiger partial charge in [0, 0.05) is 6.07 Å². The van der Waals surface area contributed by atoms with Crippen LogP contribution in [0.3, 0.4) is 0 Å². The summed E-state index contributed by atoms with van der Waals surface area (Å²) in [5.74, 6) is 0.789. The Morgan fingerprint density at radius 3 is 2.78 bits per heavy atom. The van der Waals surface area contributed by atoms with Crippen LogP contribution in [0.15, 0.2) is 32.2 Å². The lowest BCUT2D eigenvalue weighted by atomic mass is 10.4. The van der Waals surface area contributed by atoms with E-state index in [0.29, 0.717) is 11.5 Å². The normalized spacial score (nSPS) is 11.9. The van der Waals surface area contributed by atoms with Crippen molar-refractivity contribution < 1.29 is 22.5 Å². The van der Waals surface area contributed by atoms with Crippen molar-refractivity contribution in [1.29, 1.82) is 0 Å². The molecule has 0 bridgehead atoms. The van der Waals surface area contributed by atoms with Gasteiger partial charge in [-0.15, -0.1) is 0 Å². The Kier molecular flexibility index (Phi) is 3.50. The van der Waals surface area contributed by atoms with Gasteiger partial charge in [0.1, 0.15) is 18.1 Å². The fraction of sp³-hybridized carbons (Fsp3) is 0.300. The summed E-state index contributed by atoms with van der Waals surface area (Å²) >= 11 is 0. The Morgan fingerprint density at radius 2 is 2.22 bits per heavy atom. The number of aliphatic hydroxyl groups excluding tert-OH is 1. The van der Waals surface area contributed by atoms with Crippen molar-refractivity contribution >= 4 is 10.0 Å². The molecule has 2 aromatic heterocycles. The number of aromatic nitrogens is 1. The number of hydrogen-bond donors (Lipinski definition) is 2. The maximum atomic E-state index is 11.8. The van der Waals surface area contributed by atoms with Crippen LogP contribution >= 0.6 is 0 Å². The maximum Gasteiger partial charge on any atom is 0.274 e. The summed E-state index contributed by atoms with van der Waals surface area (Å²) in [7, 11) is -3.75. The first-order valence-corrected chi connectivity index (χ1v) is 6.61. The molecule has 0 aliphatic rings. The van der Waals surface area contributed by atoms with Crippen LogP contribution < -0.4 is 4.72 Å². The Morgan fingerprint density at radius 1 is 1.44 bits per heavy atom. The molecule has 18 heavy (non-hydrogen) atoms. The molecular formula is C10H12N2O5S. The molecule has 2 rings (SSSR count). The molecule has 0 saturated carbocycles. The molecule has 0 spiro atoms. The van der Waals surface area contributed by atoms with Crippen LogP contribution in [-0.4, -0.2) is 18.7 Å². The maximum absolute atomic E-state index is 11.8. The van der Waals surface area contributed by atoms with Crippen LogP contribution in [0, 0.1) is 6.92 Å². The summed E-state index contributed by atoms with van der Waals surface area (Å²) in [4.78, 5) is 0. The van der Waals surface area contributed by atoms with Crippen LogP contribution in [0.25, 0.3) is 0 Å². The molecule has 0 amide bonds. The fourth-order valence-corrected chi connectivity index (χ4v) is 2.27. The summed E-state index contributed by atoms with van der Waals surface area (Å²) < 4.78 is 35.7. The molecule has 0 atom stereocenters. The van der Waals surface area contributed by atoms with E-state index in [-0.39, 0.29) is 24.0 Å². The largest absolute Gasteiger partial charge is 0.446 e. The standard InChI is InChI=1S/C10H12N2O5S/c1-7-4-8(12-17-7)5-11-18(14,15)10-3-2-9(6-13)16-10/h2-4,11,13H,5-6H2,1H3. The molecule has 8 heteroatoms. The minimum Gasteiger partial charge on any atom is -0.446 e. The number of aliphatic hydroxyl groups is 1. The van der Waals surface area contributed by atoms with Crippen LogP contribution in [0.2, 0.25) is 0 Å². The number of nitrogens with one attached hydrogen (secondary N) is 1. The van der Waals surface area contributed by atoms with Gasteiger partial charge in [-0.1, -0.05) is 5.16 Å². The van der Waals surface area contributed by atoms with Gasteiger partial charge in [0.05, 0.1) is 12.2 Å². The number of rotatable bonds is 5. The highest BCUT2D eigenvalue weighted by atomic mass is 32.2. The molecular weight excluding hydrogens is 260 g/mol. The minimum absolute atomic E-state index is 0.00876. The average molecular weight is 272 g/mol. The highest BCUT2D eigenvalue weighted by Gasteiger charge is 2.18. The van der Waals surface area contributed by atoms with E-state index >= 15 is 0 Å². The van der Waals surface area contributed by atoms with Crippen molar-refractivity contribution in [3.8, 4) is 0 Å². The zero-order valence-electron chi connectivity index (χ0n) is 9.58. The van der Waals surface area contributed by atoms with Gasteiger partial charge in [-0.05, 0) is 19.1 Å². The molecule has 2 heterocycles. The van der Waals surface area contributed by atoms with E-state index in [1.54, 1.807) is 13.0 Å². The van der Waals surface area contributed by atoms with E-state index in [9.17, 15) is 8.42 Å². The number of hydrogen-bond acceptors (Lipinski definition) is 6. The van der Waals surface area contributed by atoms with Crippen molar-refractivity contribution in [2.75, 3.05) is 0 Å². The summed E-state index contributed by atoms with van der Waals surface area (Å²) in [6.07, 6.45) is 0. The molecule has 0 unspecified atom stereocenters. The van der Waals surface area contributed by atoms with Gasteiger partial charge in [0.2, 0.25) is 5.09 Å². The number of nitrogens with zero attached hydrogens (tertiary/aromatic N) is 1. The van der Waals surface area contributed by atoms with Crippen LogP contribution in [-0.2, 0) is 23.2 Å². The number of sulfonamides is 1. The Hall–Kier alpha value is -1.64. The molecule has 0 aliphatic heterocycles. The zero-order chi connectivity index (χ0) is 13.2. The summed E-state index contributed by atoms with van der Waals surface area (Å²) in [6, 6.07) is 4.31. The third-order valence-electron chi connectivity index (χ3n) is 2.18. The summed E-state index contributed by atoms with van der Waals surface area (Å²) in [6.45, 7) is 1.37. The summed E-state index contributed by atoms with van der Waals surface area (Å²) in [5, 5.41) is 12.2. The van der Waals surface area contributed by atoms with Crippen molar-refractivity contribution in [1.82, 2.24) is 9.88 Å². The van der Waals surface area contributed by atoms with Gasteiger partial charge >= 0.3 is 0 Å². The topological polar surface area (TPSA) is 106 Å². The highest BCUT2D eigenvalue weighted by molar-refractivity contribution is 7.89. The fourth-order valence-electron chi connectivity index (χ4n) is 1.33. The van der Waals surface area contributed by atoms with E-state index in [4.69, 9.17) is 14.0 Å². The zero-order valence-corrected chi connectivity index (χ0v) is 10.4. The van der Waals surface area contributed by atoms with E-state index in [1.807, 2.05) is 0 Å². The molecule has 0 aliphatic carbocycles. The van der Waals surface area contributed by atoms with Gasteiger partial charge in [0.25, 0.3) is 10.0 Å². The molecule has 0 saturated heterocycles. The SMILES string of the molecule is Cc1cc(CNS(=O)(=O)c2ccc(CO)o2)no1. The molecule has 0 radical (unpaired) electrons. The predicted molar refractivity (Wildman–Crippen MR) is 59.9 cm³/mol. The van der Waals surface area contributed by atoms with Crippen LogP contribution in [0.1, 0.15) is 17.2 Å². The second kappa shape index (κ2) is 4.92. The predicted octanol–water partition coefficient (Wildman–Crippen LogP) is 0.547. The lowest BCUT2D eigenvalue weighted by molar-refractivity contribution is 0.236. The average Bonchev–Trinajstić information content (AvgIpc) is 2.95. The molecule has 0 aromatic carbocycles. The molecule has 2 aromatic rings. The molecule has 0 fully saturated rings. The van der Waals surface area contributed by atoms with Crippen molar-refractivity contribution in [3.63, 3.8) is 0 Å². The van der Waals surface area contributed by atoms with E-state index in [1.165, 1.54) is 12.1 Å². The summed E-state index contributed by atoms with van der Waals surface area (Å²) in [5.41, 5.74) is 0.477. The van der Waals surface area contributed by atoms with Crippen molar-refractivity contribution in [3.05, 3.63) is 35.4 Å². The van der Waals surface area contributed by atoms with Gasteiger partial charge < -0.3 is 14.0 Å². The van der Waals surface area contributed by atoms with E-state index in [2.05, 4.69) is 9.88 Å². The first-order valence-electron chi connectivity index (χ1n) is 5.13. The van der Waals surface area contributed by atoms with Gasteiger partial charge in [0.15, 0.2) is 0 Å². The molecule has 2 N–H and O–H groups in total. The third-order valence-corrected chi connectivity index (χ3v) is 3.45. The van der Waals surface area contributed by atoms with Gasteiger partial charge in [-0.3, -0.25) is 0 Å². The van der Waals surface area contributed by atoms with Crippen molar-refractivity contribution in [2.24, 2.45) is 0 Å². The lowest BCUT2D eigenvalue weighted by Gasteiger charge is -2.01. The van der Waals surface area contributed by atoms with Crippen LogP contribution in [0.4, 0.5) is 0 Å². The molecule has 98 valence electrons. The molecule has 7 nitrogen and oxygen atoms in total. The Labute approximate surface area is 103 Å².